The molecule has 2 amide bonds. The van der Waals surface area contributed by atoms with Crippen LogP contribution >= 0.6 is 0 Å². The van der Waals surface area contributed by atoms with E-state index in [0.717, 1.165) is 26.1 Å². The average molecular weight is 270 g/mol. The van der Waals surface area contributed by atoms with Crippen LogP contribution in [0, 0.1) is 5.92 Å². The van der Waals surface area contributed by atoms with Crippen LogP contribution in [0.3, 0.4) is 0 Å². The van der Waals surface area contributed by atoms with Crippen LogP contribution in [-0.4, -0.2) is 79.9 Å². The van der Waals surface area contributed by atoms with Crippen LogP contribution in [0.25, 0.3) is 0 Å². The van der Waals surface area contributed by atoms with Gasteiger partial charge in [-0.15, -0.1) is 0 Å². The first-order chi connectivity index (χ1) is 8.95. The van der Waals surface area contributed by atoms with E-state index in [1.54, 1.807) is 19.0 Å². The minimum atomic E-state index is -0.116. The lowest BCUT2D eigenvalue weighted by Gasteiger charge is -2.24. The molecule has 0 saturated carbocycles. The van der Waals surface area contributed by atoms with E-state index < -0.39 is 0 Å². The number of nitrogens with zero attached hydrogens (tertiary/aromatic N) is 3. The van der Waals surface area contributed by atoms with E-state index in [4.69, 9.17) is 5.73 Å². The molecule has 6 heteroatoms. The van der Waals surface area contributed by atoms with Gasteiger partial charge >= 0.3 is 0 Å². The largest absolute Gasteiger partial charge is 0.348 e. The van der Waals surface area contributed by atoms with Gasteiger partial charge in [-0.1, -0.05) is 6.92 Å². The van der Waals surface area contributed by atoms with Crippen molar-refractivity contribution in [2.75, 3.05) is 53.4 Å². The fourth-order valence-electron chi connectivity index (χ4n) is 2.09. The van der Waals surface area contributed by atoms with Crippen molar-refractivity contribution in [1.29, 1.82) is 0 Å². The van der Waals surface area contributed by atoms with Crippen molar-refractivity contribution in [3.05, 3.63) is 0 Å². The van der Waals surface area contributed by atoms with Crippen LogP contribution in [0.2, 0.25) is 0 Å². The summed E-state index contributed by atoms with van der Waals surface area (Å²) in [5.74, 6) is 0.119. The summed E-state index contributed by atoms with van der Waals surface area (Å²) >= 11 is 0. The molecule has 1 fully saturated rings. The number of nitrogens with two attached hydrogens (primary N) is 1. The molecule has 0 spiro atoms. The fourth-order valence-corrected chi connectivity index (χ4v) is 2.09. The lowest BCUT2D eigenvalue weighted by atomic mass is 10.1. The summed E-state index contributed by atoms with van der Waals surface area (Å²) in [6, 6.07) is 0. The summed E-state index contributed by atoms with van der Waals surface area (Å²) in [6.45, 7) is 5.74. The maximum Gasteiger partial charge on any atom is 0.236 e. The van der Waals surface area contributed by atoms with E-state index in [1.165, 1.54) is 0 Å². The zero-order valence-electron chi connectivity index (χ0n) is 12.3. The van der Waals surface area contributed by atoms with E-state index >= 15 is 0 Å². The van der Waals surface area contributed by atoms with Crippen molar-refractivity contribution in [2.24, 2.45) is 11.7 Å². The highest BCUT2D eigenvalue weighted by molar-refractivity contribution is 5.79. The Labute approximate surface area is 115 Å². The minimum absolute atomic E-state index is 0.107. The maximum atomic E-state index is 12.1. The Morgan fingerprint density at radius 1 is 1.21 bits per heavy atom. The Hall–Kier alpha value is -1.14. The molecule has 1 rings (SSSR count). The fraction of sp³-hybridized carbons (Fsp3) is 0.846. The standard InChI is InChI=1S/C13H26N4O2/c1-11(9-14)13(19)17-6-4-5-16(7-8-17)10-12(18)15(2)3/h11H,4-10,14H2,1-3H3. The molecule has 1 atom stereocenters. The van der Waals surface area contributed by atoms with Crippen LogP contribution < -0.4 is 5.73 Å². The van der Waals surface area contributed by atoms with Gasteiger partial charge in [0.25, 0.3) is 0 Å². The molecule has 0 bridgehead atoms. The zero-order chi connectivity index (χ0) is 14.4. The van der Waals surface area contributed by atoms with E-state index in [9.17, 15) is 9.59 Å². The molecular weight excluding hydrogens is 244 g/mol. The Morgan fingerprint density at radius 2 is 1.89 bits per heavy atom. The number of hydrogen-bond acceptors (Lipinski definition) is 4. The summed E-state index contributed by atoms with van der Waals surface area (Å²) in [6.07, 6.45) is 0.906. The van der Waals surface area contributed by atoms with Gasteiger partial charge in [0, 0.05) is 52.7 Å². The summed E-state index contributed by atoms with van der Waals surface area (Å²) in [4.78, 5) is 29.3. The topological polar surface area (TPSA) is 69.9 Å². The molecule has 0 aromatic carbocycles. The van der Waals surface area contributed by atoms with Gasteiger partial charge in [0.15, 0.2) is 0 Å². The Morgan fingerprint density at radius 3 is 2.47 bits per heavy atom. The molecule has 1 aliphatic rings. The van der Waals surface area contributed by atoms with E-state index in [1.807, 2.05) is 11.8 Å². The molecule has 1 heterocycles. The number of hydrogen-bond donors (Lipinski definition) is 1. The normalized spacial score (nSPS) is 18.8. The van der Waals surface area contributed by atoms with E-state index in [0.29, 0.717) is 19.6 Å². The molecular formula is C13H26N4O2. The smallest absolute Gasteiger partial charge is 0.236 e. The third kappa shape index (κ3) is 4.80. The van der Waals surface area contributed by atoms with E-state index in [2.05, 4.69) is 4.90 Å². The number of amides is 2. The second-order valence-electron chi connectivity index (χ2n) is 5.38. The maximum absolute atomic E-state index is 12.1. The van der Waals surface area contributed by atoms with Gasteiger partial charge in [-0.05, 0) is 6.42 Å². The first-order valence-corrected chi connectivity index (χ1v) is 6.87. The summed E-state index contributed by atoms with van der Waals surface area (Å²) in [5.41, 5.74) is 5.54. The lowest BCUT2D eigenvalue weighted by molar-refractivity contribution is -0.134. The van der Waals surface area contributed by atoms with Gasteiger partial charge < -0.3 is 15.5 Å². The number of likely N-dealkylation sites (N-methyl/N-ethyl adjacent to an activating group) is 1. The molecule has 1 unspecified atom stereocenters. The number of carbonyl (C=O) groups excluding carboxylic acids is 2. The van der Waals surface area contributed by atoms with Crippen molar-refractivity contribution < 1.29 is 9.59 Å². The van der Waals surface area contributed by atoms with Gasteiger partial charge in [0.1, 0.15) is 0 Å². The van der Waals surface area contributed by atoms with Crippen molar-refractivity contribution in [2.45, 2.75) is 13.3 Å². The zero-order valence-corrected chi connectivity index (χ0v) is 12.3. The van der Waals surface area contributed by atoms with Gasteiger partial charge in [0.05, 0.1) is 6.54 Å². The highest BCUT2D eigenvalue weighted by atomic mass is 16.2. The predicted octanol–water partition coefficient (Wildman–Crippen LogP) is -0.796. The summed E-state index contributed by atoms with van der Waals surface area (Å²) < 4.78 is 0. The molecule has 1 aliphatic heterocycles. The molecule has 0 radical (unpaired) electrons. The summed E-state index contributed by atoms with van der Waals surface area (Å²) in [7, 11) is 3.53. The quantitative estimate of drug-likeness (QED) is 0.726. The van der Waals surface area contributed by atoms with Crippen LogP contribution in [0.1, 0.15) is 13.3 Å². The predicted molar refractivity (Wildman–Crippen MR) is 74.5 cm³/mol. The van der Waals surface area contributed by atoms with Gasteiger partial charge in [-0.25, -0.2) is 0 Å². The SMILES string of the molecule is CC(CN)C(=O)N1CCCN(CC(=O)N(C)C)CC1. The molecule has 110 valence electrons. The Kier molecular flexibility index (Phi) is 6.24. The van der Waals surface area contributed by atoms with Gasteiger partial charge in [-0.3, -0.25) is 14.5 Å². The third-order valence-electron chi connectivity index (χ3n) is 3.53. The van der Waals surface area contributed by atoms with Crippen LogP contribution in [-0.2, 0) is 9.59 Å². The van der Waals surface area contributed by atoms with Crippen molar-refractivity contribution >= 4 is 11.8 Å². The molecule has 2 N–H and O–H groups in total. The van der Waals surface area contributed by atoms with Crippen LogP contribution in [0.5, 0.6) is 0 Å². The third-order valence-corrected chi connectivity index (χ3v) is 3.53. The Balaban J connectivity index is 2.47. The molecule has 6 nitrogen and oxygen atoms in total. The average Bonchev–Trinajstić information content (AvgIpc) is 2.62. The molecule has 0 aliphatic carbocycles. The molecule has 19 heavy (non-hydrogen) atoms. The first kappa shape index (κ1) is 15.9. The van der Waals surface area contributed by atoms with Crippen LogP contribution in [0.15, 0.2) is 0 Å². The highest BCUT2D eigenvalue weighted by Crippen LogP contribution is 2.07. The van der Waals surface area contributed by atoms with Crippen molar-refractivity contribution in [3.8, 4) is 0 Å². The van der Waals surface area contributed by atoms with Gasteiger partial charge in [0.2, 0.25) is 11.8 Å². The van der Waals surface area contributed by atoms with Crippen molar-refractivity contribution in [1.82, 2.24) is 14.7 Å². The van der Waals surface area contributed by atoms with E-state index in [-0.39, 0.29) is 17.7 Å². The van der Waals surface area contributed by atoms with Crippen LogP contribution in [0.4, 0.5) is 0 Å². The number of carbonyl (C=O) groups is 2. The second kappa shape index (κ2) is 7.45. The Bertz CT molecular complexity index is 320. The minimum Gasteiger partial charge on any atom is -0.348 e. The highest BCUT2D eigenvalue weighted by Gasteiger charge is 2.23. The molecule has 1 saturated heterocycles. The molecule has 0 aromatic rings. The monoisotopic (exact) mass is 270 g/mol. The van der Waals surface area contributed by atoms with Crippen molar-refractivity contribution in [3.63, 3.8) is 0 Å². The second-order valence-corrected chi connectivity index (χ2v) is 5.38. The number of rotatable bonds is 4. The lowest BCUT2D eigenvalue weighted by Crippen LogP contribution is -2.41. The molecule has 0 aromatic heterocycles. The van der Waals surface area contributed by atoms with Gasteiger partial charge in [-0.2, -0.15) is 0 Å². The first-order valence-electron chi connectivity index (χ1n) is 6.87. The summed E-state index contributed by atoms with van der Waals surface area (Å²) in [5, 5.41) is 0.